The van der Waals surface area contributed by atoms with Crippen LogP contribution in [0.3, 0.4) is 0 Å². The maximum absolute atomic E-state index is 11.4. The van der Waals surface area contributed by atoms with E-state index in [4.69, 9.17) is 0 Å². The van der Waals surface area contributed by atoms with Crippen molar-refractivity contribution in [2.45, 2.75) is 6.92 Å². The molecule has 0 radical (unpaired) electrons. The third-order valence-corrected chi connectivity index (χ3v) is 3.19. The van der Waals surface area contributed by atoms with Gasteiger partial charge in [0, 0.05) is 28.4 Å². The fraction of sp³-hybridized carbons (Fsp3) is 0.0714. The summed E-state index contributed by atoms with van der Waals surface area (Å²) in [5, 5.41) is 10.1. The summed E-state index contributed by atoms with van der Waals surface area (Å²) in [4.78, 5) is 31.9. The van der Waals surface area contributed by atoms with Crippen molar-refractivity contribution >= 4 is 16.9 Å². The van der Waals surface area contributed by atoms with E-state index in [1.807, 2.05) is 31.2 Å². The molecular weight excluding hydrogens is 258 g/mol. The molecular formula is C14H11N3O3. The van der Waals surface area contributed by atoms with Gasteiger partial charge in [0.15, 0.2) is 0 Å². The number of aromatic nitrogens is 3. The van der Waals surface area contributed by atoms with Crippen LogP contribution in [0.5, 0.6) is 0 Å². The second-order valence-corrected chi connectivity index (χ2v) is 4.45. The van der Waals surface area contributed by atoms with Crippen LogP contribution in [0.2, 0.25) is 0 Å². The molecule has 1 aromatic carbocycles. The average Bonchev–Trinajstić information content (AvgIpc) is 2.73. The molecule has 2 heterocycles. The number of carbonyl (C=O) groups is 1. The molecule has 2 aromatic heterocycles. The Bertz CT molecular complexity index is 877. The smallest absolute Gasteiger partial charge is 0.345 e. The van der Waals surface area contributed by atoms with Crippen molar-refractivity contribution in [2.75, 3.05) is 0 Å². The summed E-state index contributed by atoms with van der Waals surface area (Å²) < 4.78 is 0. The highest BCUT2D eigenvalue weighted by Gasteiger charge is 2.18. The van der Waals surface area contributed by atoms with E-state index in [1.165, 1.54) is 0 Å². The van der Waals surface area contributed by atoms with E-state index >= 15 is 0 Å². The van der Waals surface area contributed by atoms with Crippen LogP contribution in [0.25, 0.3) is 22.2 Å². The molecule has 0 saturated heterocycles. The largest absolute Gasteiger partial charge is 0.478 e. The van der Waals surface area contributed by atoms with E-state index in [0.29, 0.717) is 5.56 Å². The van der Waals surface area contributed by atoms with Crippen molar-refractivity contribution in [3.05, 3.63) is 52.2 Å². The Morgan fingerprint density at radius 3 is 2.75 bits per heavy atom. The molecule has 3 rings (SSSR count). The highest BCUT2D eigenvalue weighted by atomic mass is 16.4. The number of rotatable bonds is 2. The number of aromatic amines is 2. The zero-order chi connectivity index (χ0) is 14.3. The molecule has 3 N–H and O–H groups in total. The SMILES string of the molecule is Cc1[nH]c2ccccc2c1-c1[nH]c(=O)ncc1C(=O)O. The molecule has 100 valence electrons. The lowest BCUT2D eigenvalue weighted by Crippen LogP contribution is -2.15. The van der Waals surface area contributed by atoms with E-state index in [9.17, 15) is 14.7 Å². The molecule has 6 heteroatoms. The van der Waals surface area contributed by atoms with Crippen molar-refractivity contribution in [1.29, 1.82) is 0 Å². The van der Waals surface area contributed by atoms with Crippen LogP contribution in [-0.2, 0) is 0 Å². The Labute approximate surface area is 113 Å². The summed E-state index contributed by atoms with van der Waals surface area (Å²) in [6.07, 6.45) is 1.08. The van der Waals surface area contributed by atoms with Crippen LogP contribution in [0, 0.1) is 6.92 Å². The summed E-state index contributed by atoms with van der Waals surface area (Å²) in [6.45, 7) is 1.83. The van der Waals surface area contributed by atoms with Crippen molar-refractivity contribution in [3.63, 3.8) is 0 Å². The van der Waals surface area contributed by atoms with Gasteiger partial charge in [-0.25, -0.2) is 14.6 Å². The number of benzene rings is 1. The molecule has 6 nitrogen and oxygen atoms in total. The monoisotopic (exact) mass is 269 g/mol. The molecule has 0 atom stereocenters. The molecule has 0 aliphatic carbocycles. The van der Waals surface area contributed by atoms with Crippen LogP contribution < -0.4 is 5.69 Å². The molecule has 0 aliphatic heterocycles. The minimum absolute atomic E-state index is 0.0301. The first-order valence-electron chi connectivity index (χ1n) is 5.98. The lowest BCUT2D eigenvalue weighted by Gasteiger charge is -2.05. The highest BCUT2D eigenvalue weighted by Crippen LogP contribution is 2.31. The Balaban J connectivity index is 2.42. The normalized spacial score (nSPS) is 10.8. The number of nitrogens with zero attached hydrogens (tertiary/aromatic N) is 1. The molecule has 3 aromatic rings. The molecule has 20 heavy (non-hydrogen) atoms. The number of hydrogen-bond acceptors (Lipinski definition) is 3. The van der Waals surface area contributed by atoms with E-state index < -0.39 is 11.7 Å². The van der Waals surface area contributed by atoms with Crippen LogP contribution in [0.4, 0.5) is 0 Å². The number of carboxylic acids is 1. The summed E-state index contributed by atoms with van der Waals surface area (Å²) in [5.41, 5.74) is 2.02. The van der Waals surface area contributed by atoms with Gasteiger partial charge >= 0.3 is 11.7 Å². The number of nitrogens with one attached hydrogen (secondary N) is 2. The van der Waals surface area contributed by atoms with Crippen molar-refractivity contribution in [2.24, 2.45) is 0 Å². The lowest BCUT2D eigenvalue weighted by molar-refractivity contribution is 0.0697. The molecule has 0 aliphatic rings. The highest BCUT2D eigenvalue weighted by molar-refractivity contribution is 6.02. The Hall–Kier alpha value is -2.89. The van der Waals surface area contributed by atoms with Gasteiger partial charge in [-0.3, -0.25) is 0 Å². The zero-order valence-electron chi connectivity index (χ0n) is 10.6. The number of fused-ring (bicyclic) bond motifs is 1. The van der Waals surface area contributed by atoms with Gasteiger partial charge in [0.05, 0.1) is 5.69 Å². The summed E-state index contributed by atoms with van der Waals surface area (Å²) in [7, 11) is 0. The first kappa shape index (κ1) is 12.2. The molecule has 0 spiro atoms. The number of carboxylic acid groups (broad SMARTS) is 1. The van der Waals surface area contributed by atoms with E-state index in [-0.39, 0.29) is 11.3 Å². The van der Waals surface area contributed by atoms with Gasteiger partial charge in [-0.1, -0.05) is 18.2 Å². The number of aryl methyl sites for hydroxylation is 1. The third kappa shape index (κ3) is 1.78. The lowest BCUT2D eigenvalue weighted by atomic mass is 10.0. The van der Waals surface area contributed by atoms with Gasteiger partial charge in [-0.05, 0) is 13.0 Å². The van der Waals surface area contributed by atoms with Crippen LogP contribution >= 0.6 is 0 Å². The van der Waals surface area contributed by atoms with Gasteiger partial charge in [-0.15, -0.1) is 0 Å². The second kappa shape index (κ2) is 4.34. The van der Waals surface area contributed by atoms with E-state index in [0.717, 1.165) is 22.8 Å². The minimum Gasteiger partial charge on any atom is -0.478 e. The molecule has 0 amide bonds. The standard InChI is InChI=1S/C14H11N3O3/c1-7-11(8-4-2-3-5-10(8)16-7)12-9(13(18)19)6-15-14(20)17-12/h2-6,16H,1H3,(H,18,19)(H,15,17,20). The fourth-order valence-corrected chi connectivity index (χ4v) is 2.35. The molecule has 0 saturated carbocycles. The summed E-state index contributed by atoms with van der Waals surface area (Å²) in [5.74, 6) is -1.13. The van der Waals surface area contributed by atoms with Gasteiger partial charge < -0.3 is 15.1 Å². The predicted molar refractivity (Wildman–Crippen MR) is 73.8 cm³/mol. The quantitative estimate of drug-likeness (QED) is 0.661. The minimum atomic E-state index is -1.13. The van der Waals surface area contributed by atoms with Gasteiger partial charge in [-0.2, -0.15) is 0 Å². The Morgan fingerprint density at radius 2 is 2.00 bits per heavy atom. The average molecular weight is 269 g/mol. The first-order chi connectivity index (χ1) is 9.58. The van der Waals surface area contributed by atoms with Crippen molar-refractivity contribution in [1.82, 2.24) is 15.0 Å². The van der Waals surface area contributed by atoms with Crippen LogP contribution in [0.1, 0.15) is 16.1 Å². The van der Waals surface area contributed by atoms with Gasteiger partial charge in [0.25, 0.3) is 0 Å². The summed E-state index contributed by atoms with van der Waals surface area (Å²) in [6, 6.07) is 7.51. The maximum Gasteiger partial charge on any atom is 0.345 e. The number of H-pyrrole nitrogens is 2. The van der Waals surface area contributed by atoms with Gasteiger partial charge in [0.2, 0.25) is 0 Å². The zero-order valence-corrected chi connectivity index (χ0v) is 10.6. The van der Waals surface area contributed by atoms with Crippen molar-refractivity contribution < 1.29 is 9.90 Å². The van der Waals surface area contributed by atoms with E-state index in [1.54, 1.807) is 0 Å². The third-order valence-electron chi connectivity index (χ3n) is 3.19. The Morgan fingerprint density at radius 1 is 1.25 bits per heavy atom. The number of para-hydroxylation sites is 1. The molecule has 0 fully saturated rings. The van der Waals surface area contributed by atoms with Crippen LogP contribution in [-0.4, -0.2) is 26.0 Å². The predicted octanol–water partition coefficient (Wildman–Crippen LogP) is 1.92. The fourth-order valence-electron chi connectivity index (χ4n) is 2.35. The molecule has 0 unspecified atom stereocenters. The summed E-state index contributed by atoms with van der Waals surface area (Å²) >= 11 is 0. The van der Waals surface area contributed by atoms with Crippen molar-refractivity contribution in [3.8, 4) is 11.3 Å². The number of aromatic carboxylic acids is 1. The first-order valence-corrected chi connectivity index (χ1v) is 5.98. The number of hydrogen-bond donors (Lipinski definition) is 3. The van der Waals surface area contributed by atoms with E-state index in [2.05, 4.69) is 15.0 Å². The molecule has 0 bridgehead atoms. The topological polar surface area (TPSA) is 98.8 Å². The van der Waals surface area contributed by atoms with Crippen LogP contribution in [0.15, 0.2) is 35.3 Å². The Kier molecular flexibility index (Phi) is 2.64. The maximum atomic E-state index is 11.4. The second-order valence-electron chi connectivity index (χ2n) is 4.45. The van der Waals surface area contributed by atoms with Gasteiger partial charge in [0.1, 0.15) is 5.56 Å².